The summed E-state index contributed by atoms with van der Waals surface area (Å²) in [6.45, 7) is 3.47. The molecule has 414 valence electrons. The van der Waals surface area contributed by atoms with Gasteiger partial charge in [0.25, 0.3) is 0 Å². The minimum Gasteiger partial charge on any atom is -0.394 e. The Morgan fingerprint density at radius 2 is 0.843 bits per heavy atom. The molecule has 1 aliphatic heterocycles. The number of allylic oxidation sites excluding steroid dienone is 4. The molecule has 1 aliphatic rings. The number of unbranched alkanes of at least 4 members (excludes halogenated alkanes) is 35. The molecule has 8 N–H and O–H groups in total. The first kappa shape index (κ1) is 66.6. The third-order valence-corrected chi connectivity index (χ3v) is 14.5. The van der Waals surface area contributed by atoms with E-state index in [0.29, 0.717) is 12.8 Å². The molecule has 9 unspecified atom stereocenters. The van der Waals surface area contributed by atoms with Crippen LogP contribution < -0.4 is 5.32 Å². The van der Waals surface area contributed by atoms with Gasteiger partial charge in [-0.25, -0.2) is 0 Å². The van der Waals surface area contributed by atoms with Gasteiger partial charge in [-0.05, 0) is 64.2 Å². The molecule has 0 aliphatic carbocycles. The van der Waals surface area contributed by atoms with Gasteiger partial charge in [-0.2, -0.15) is 0 Å². The summed E-state index contributed by atoms with van der Waals surface area (Å²) >= 11 is 0. The Hall–Kier alpha value is -1.41. The zero-order chi connectivity index (χ0) is 51.1. The third kappa shape index (κ3) is 36.5. The minimum atomic E-state index is -1.67. The lowest BCUT2D eigenvalue weighted by Gasteiger charge is -2.40. The molecule has 0 aromatic carbocycles. The van der Waals surface area contributed by atoms with E-state index in [0.717, 1.165) is 57.8 Å². The molecule has 1 amide bonds. The van der Waals surface area contributed by atoms with Crippen LogP contribution >= 0.6 is 0 Å². The quantitative estimate of drug-likeness (QED) is 0.0215. The molecule has 0 saturated carbocycles. The van der Waals surface area contributed by atoms with Crippen molar-refractivity contribution in [2.75, 3.05) is 13.2 Å². The highest BCUT2D eigenvalue weighted by molar-refractivity contribution is 5.80. The van der Waals surface area contributed by atoms with E-state index in [-0.39, 0.29) is 12.8 Å². The summed E-state index contributed by atoms with van der Waals surface area (Å²) in [7, 11) is 0. The highest BCUT2D eigenvalue weighted by Gasteiger charge is 2.44. The Morgan fingerprint density at radius 1 is 0.486 bits per heavy atom. The van der Waals surface area contributed by atoms with E-state index in [1.54, 1.807) is 0 Å². The van der Waals surface area contributed by atoms with Gasteiger partial charge in [-0.1, -0.05) is 237 Å². The number of rotatable bonds is 51. The molecule has 0 aromatic rings. The standard InChI is InChI=1S/C59H113NO10/c1-3-5-7-9-11-13-15-17-19-21-23-25-27-29-31-33-35-37-39-41-43-45-47-52(63)58(68)60-50(49-69-59-57(67)56(66)55(65)53(48-61)70-59)54(64)51(62)46-44-42-40-38-36-34-32-30-28-26-24-22-20-18-16-14-12-10-8-6-4-2/h29,31,38,40,50-57,59,61-67H,3-28,30,32-37,39,41-49H2,1-2H3,(H,60,68)/b31-29-,40-38+. The molecule has 1 rings (SSSR count). The van der Waals surface area contributed by atoms with Crippen molar-refractivity contribution in [1.29, 1.82) is 0 Å². The first-order valence-electron chi connectivity index (χ1n) is 29.7. The van der Waals surface area contributed by atoms with Crippen LogP contribution in [0, 0.1) is 0 Å². The monoisotopic (exact) mass is 996 g/mol. The summed E-state index contributed by atoms with van der Waals surface area (Å²) in [4.78, 5) is 13.2. The highest BCUT2D eigenvalue weighted by Crippen LogP contribution is 2.23. The molecule has 1 fully saturated rings. The zero-order valence-electron chi connectivity index (χ0n) is 45.3. The molecule has 70 heavy (non-hydrogen) atoms. The van der Waals surface area contributed by atoms with Gasteiger partial charge < -0.3 is 50.5 Å². The Labute approximate surface area is 429 Å². The summed E-state index contributed by atoms with van der Waals surface area (Å²) < 4.78 is 11.1. The lowest BCUT2D eigenvalue weighted by atomic mass is 9.98. The SMILES string of the molecule is CCCCCCCCCCCCCC/C=C\CCCCCCCCC(O)C(=O)NC(COC1OC(CO)C(O)C(O)C1O)C(O)C(O)CCC/C=C/CCCCCCCCCCCCCCCCCC. The van der Waals surface area contributed by atoms with Gasteiger partial charge in [0.2, 0.25) is 5.91 Å². The lowest BCUT2D eigenvalue weighted by molar-refractivity contribution is -0.303. The third-order valence-electron chi connectivity index (χ3n) is 14.5. The van der Waals surface area contributed by atoms with Gasteiger partial charge in [0, 0.05) is 0 Å². The second-order valence-electron chi connectivity index (χ2n) is 21.1. The van der Waals surface area contributed by atoms with Crippen LogP contribution in [0.4, 0.5) is 0 Å². The zero-order valence-corrected chi connectivity index (χ0v) is 45.3. The van der Waals surface area contributed by atoms with Gasteiger partial charge >= 0.3 is 0 Å². The molecule has 0 bridgehead atoms. The minimum absolute atomic E-state index is 0.248. The first-order valence-corrected chi connectivity index (χ1v) is 29.7. The Balaban J connectivity index is 2.33. The number of hydrogen-bond donors (Lipinski definition) is 8. The summed E-state index contributed by atoms with van der Waals surface area (Å²) in [5.74, 6) is -0.707. The number of nitrogens with one attached hydrogen (secondary N) is 1. The second-order valence-corrected chi connectivity index (χ2v) is 21.1. The fourth-order valence-electron chi connectivity index (χ4n) is 9.61. The number of hydrogen-bond acceptors (Lipinski definition) is 10. The predicted octanol–water partition coefficient (Wildman–Crippen LogP) is 12.5. The molecule has 1 heterocycles. The average Bonchev–Trinajstić information content (AvgIpc) is 3.36. The molecular weight excluding hydrogens is 883 g/mol. The number of amides is 1. The van der Waals surface area contributed by atoms with Crippen LogP contribution in [-0.2, 0) is 14.3 Å². The van der Waals surface area contributed by atoms with Crippen molar-refractivity contribution in [3.05, 3.63) is 24.3 Å². The molecule has 0 radical (unpaired) electrons. The van der Waals surface area contributed by atoms with Crippen LogP contribution in [0.25, 0.3) is 0 Å². The van der Waals surface area contributed by atoms with Gasteiger partial charge in [-0.15, -0.1) is 0 Å². The van der Waals surface area contributed by atoms with E-state index in [4.69, 9.17) is 9.47 Å². The fourth-order valence-corrected chi connectivity index (χ4v) is 9.61. The normalized spacial score (nSPS) is 20.4. The van der Waals surface area contributed by atoms with E-state index in [9.17, 15) is 40.5 Å². The Kier molecular flexibility index (Phi) is 46.2. The van der Waals surface area contributed by atoms with E-state index in [1.165, 1.54) is 180 Å². The summed E-state index contributed by atoms with van der Waals surface area (Å²) in [6.07, 6.45) is 46.6. The molecule has 0 spiro atoms. The van der Waals surface area contributed by atoms with Crippen molar-refractivity contribution < 1.29 is 50.0 Å². The number of aliphatic hydroxyl groups excluding tert-OH is 7. The molecule has 11 heteroatoms. The number of ether oxygens (including phenoxy) is 2. The van der Waals surface area contributed by atoms with Crippen LogP contribution in [0.3, 0.4) is 0 Å². The summed E-state index contributed by atoms with van der Waals surface area (Å²) in [5.41, 5.74) is 0. The van der Waals surface area contributed by atoms with Crippen LogP contribution in [0.5, 0.6) is 0 Å². The molecular formula is C59H113NO10. The lowest BCUT2D eigenvalue weighted by Crippen LogP contribution is -2.60. The second kappa shape index (κ2) is 48.5. The molecule has 11 nitrogen and oxygen atoms in total. The summed E-state index contributed by atoms with van der Waals surface area (Å²) in [6, 6.07) is -1.19. The van der Waals surface area contributed by atoms with Gasteiger partial charge in [-0.3, -0.25) is 4.79 Å². The van der Waals surface area contributed by atoms with Gasteiger partial charge in [0.05, 0.1) is 25.4 Å². The maximum Gasteiger partial charge on any atom is 0.249 e. The van der Waals surface area contributed by atoms with Crippen LogP contribution in [0.2, 0.25) is 0 Å². The maximum absolute atomic E-state index is 13.2. The fraction of sp³-hybridized carbons (Fsp3) is 0.915. The predicted molar refractivity (Wildman–Crippen MR) is 289 cm³/mol. The van der Waals surface area contributed by atoms with Gasteiger partial charge in [0.1, 0.15) is 36.6 Å². The average molecular weight is 997 g/mol. The van der Waals surface area contributed by atoms with E-state index in [2.05, 4.69) is 43.5 Å². The highest BCUT2D eigenvalue weighted by atomic mass is 16.7. The molecule has 9 atom stereocenters. The van der Waals surface area contributed by atoms with Crippen molar-refractivity contribution >= 4 is 5.91 Å². The van der Waals surface area contributed by atoms with Crippen molar-refractivity contribution in [2.45, 2.75) is 332 Å². The molecule has 0 aromatic heterocycles. The van der Waals surface area contributed by atoms with Crippen LogP contribution in [0.15, 0.2) is 24.3 Å². The van der Waals surface area contributed by atoms with Crippen LogP contribution in [-0.4, -0.2) is 110 Å². The number of carbonyl (C=O) groups is 1. The maximum atomic E-state index is 13.2. The Morgan fingerprint density at radius 3 is 1.23 bits per heavy atom. The largest absolute Gasteiger partial charge is 0.394 e. The van der Waals surface area contributed by atoms with E-state index < -0.39 is 74.2 Å². The Bertz CT molecular complexity index is 1190. The smallest absolute Gasteiger partial charge is 0.249 e. The topological polar surface area (TPSA) is 189 Å². The van der Waals surface area contributed by atoms with Crippen molar-refractivity contribution in [1.82, 2.24) is 5.32 Å². The molecule has 1 saturated heterocycles. The van der Waals surface area contributed by atoms with Crippen molar-refractivity contribution in [3.8, 4) is 0 Å². The number of carbonyl (C=O) groups excluding carboxylic acids is 1. The van der Waals surface area contributed by atoms with Crippen molar-refractivity contribution in [3.63, 3.8) is 0 Å². The summed E-state index contributed by atoms with van der Waals surface area (Å²) in [5, 5.41) is 76.2. The number of aliphatic hydroxyl groups is 7. The van der Waals surface area contributed by atoms with E-state index in [1.807, 2.05) is 0 Å². The van der Waals surface area contributed by atoms with Crippen molar-refractivity contribution in [2.24, 2.45) is 0 Å². The first-order chi connectivity index (χ1) is 34.2. The van der Waals surface area contributed by atoms with Gasteiger partial charge in [0.15, 0.2) is 6.29 Å². The van der Waals surface area contributed by atoms with E-state index >= 15 is 0 Å². The van der Waals surface area contributed by atoms with Crippen LogP contribution in [0.1, 0.15) is 277 Å².